The van der Waals surface area contributed by atoms with E-state index in [1.165, 1.54) is 0 Å². The molecule has 186 valence electrons. The molecule has 1 saturated heterocycles. The summed E-state index contributed by atoms with van der Waals surface area (Å²) < 4.78 is 0. The molecule has 1 aliphatic rings. The fourth-order valence-electron chi connectivity index (χ4n) is 5.58. The smallest absolute Gasteiger partial charge is 0.138 e. The average molecular weight is 473 g/mol. The molecule has 2 N–H and O–H groups in total. The number of phenolic OH excluding ortho intramolecular Hbond substituents is 1. The summed E-state index contributed by atoms with van der Waals surface area (Å²) >= 11 is 0. The number of nitrogens with zero attached hydrogens (tertiary/aromatic N) is 2. The molecule has 1 fully saturated rings. The SMILES string of the molecule is Cc1ccc(O)c(N(CCCN2CCC(C(O)(c3ccccc3)c3ccccc3)CC2)C(C)C)c1. The fourth-order valence-corrected chi connectivity index (χ4v) is 5.58. The van der Waals surface area contributed by atoms with Gasteiger partial charge in [-0.2, -0.15) is 0 Å². The minimum Gasteiger partial charge on any atom is -0.506 e. The van der Waals surface area contributed by atoms with Gasteiger partial charge in [0.25, 0.3) is 0 Å². The van der Waals surface area contributed by atoms with E-state index in [4.69, 9.17) is 0 Å². The van der Waals surface area contributed by atoms with Crippen molar-refractivity contribution in [2.24, 2.45) is 5.92 Å². The number of phenols is 1. The van der Waals surface area contributed by atoms with Crippen molar-refractivity contribution in [2.45, 2.75) is 51.7 Å². The van der Waals surface area contributed by atoms with Crippen molar-refractivity contribution in [2.75, 3.05) is 31.1 Å². The van der Waals surface area contributed by atoms with Gasteiger partial charge < -0.3 is 20.0 Å². The van der Waals surface area contributed by atoms with Crippen molar-refractivity contribution in [1.29, 1.82) is 0 Å². The van der Waals surface area contributed by atoms with Crippen LogP contribution in [0.4, 0.5) is 5.69 Å². The van der Waals surface area contributed by atoms with Crippen LogP contribution in [0.3, 0.4) is 0 Å². The average Bonchev–Trinajstić information content (AvgIpc) is 2.89. The third kappa shape index (κ3) is 5.71. The third-order valence-electron chi connectivity index (χ3n) is 7.54. The molecule has 0 radical (unpaired) electrons. The molecule has 0 saturated carbocycles. The lowest BCUT2D eigenvalue weighted by atomic mass is 9.72. The molecule has 0 aliphatic carbocycles. The number of hydrogen-bond donors (Lipinski definition) is 2. The Labute approximate surface area is 210 Å². The number of likely N-dealkylation sites (tertiary alicyclic amines) is 1. The summed E-state index contributed by atoms with van der Waals surface area (Å²) in [5, 5.41) is 22.5. The van der Waals surface area contributed by atoms with E-state index in [1.54, 1.807) is 6.07 Å². The van der Waals surface area contributed by atoms with E-state index in [0.717, 1.165) is 67.8 Å². The zero-order valence-corrected chi connectivity index (χ0v) is 21.4. The first kappa shape index (κ1) is 25.3. The molecule has 35 heavy (non-hydrogen) atoms. The van der Waals surface area contributed by atoms with Gasteiger partial charge in [0.05, 0.1) is 5.69 Å². The van der Waals surface area contributed by atoms with Gasteiger partial charge in [-0.1, -0.05) is 66.7 Å². The summed E-state index contributed by atoms with van der Waals surface area (Å²) in [6, 6.07) is 26.5. The van der Waals surface area contributed by atoms with Crippen molar-refractivity contribution < 1.29 is 10.2 Å². The van der Waals surface area contributed by atoms with Gasteiger partial charge in [0.15, 0.2) is 0 Å². The summed E-state index contributed by atoms with van der Waals surface area (Å²) in [5.41, 5.74) is 3.08. The highest BCUT2D eigenvalue weighted by Crippen LogP contribution is 2.42. The Morgan fingerprint density at radius 1 is 0.914 bits per heavy atom. The van der Waals surface area contributed by atoms with Crippen molar-refractivity contribution in [3.8, 4) is 5.75 Å². The van der Waals surface area contributed by atoms with Crippen molar-refractivity contribution in [1.82, 2.24) is 4.90 Å². The van der Waals surface area contributed by atoms with Crippen LogP contribution >= 0.6 is 0 Å². The summed E-state index contributed by atoms with van der Waals surface area (Å²) in [6.45, 7) is 10.3. The van der Waals surface area contributed by atoms with E-state index in [1.807, 2.05) is 42.5 Å². The first-order valence-corrected chi connectivity index (χ1v) is 13.0. The summed E-state index contributed by atoms with van der Waals surface area (Å²) in [4.78, 5) is 4.83. The van der Waals surface area contributed by atoms with Crippen molar-refractivity contribution >= 4 is 5.69 Å². The van der Waals surface area contributed by atoms with Crippen molar-refractivity contribution in [3.05, 3.63) is 95.6 Å². The number of benzene rings is 3. The molecule has 4 rings (SSSR count). The van der Waals surface area contributed by atoms with Crippen LogP contribution in [0, 0.1) is 12.8 Å². The maximum Gasteiger partial charge on any atom is 0.138 e. The molecular weight excluding hydrogens is 432 g/mol. The zero-order valence-electron chi connectivity index (χ0n) is 21.4. The second-order valence-electron chi connectivity index (χ2n) is 10.2. The van der Waals surface area contributed by atoms with Crippen LogP contribution in [0.15, 0.2) is 78.9 Å². The van der Waals surface area contributed by atoms with Crippen LogP contribution in [-0.2, 0) is 5.60 Å². The summed E-state index contributed by atoms with van der Waals surface area (Å²) in [7, 11) is 0. The molecule has 0 amide bonds. The molecule has 4 nitrogen and oxygen atoms in total. The van der Waals surface area contributed by atoms with Crippen LogP contribution in [0.25, 0.3) is 0 Å². The Balaban J connectivity index is 1.38. The topological polar surface area (TPSA) is 46.9 Å². The normalized spacial score (nSPS) is 15.5. The fraction of sp³-hybridized carbons (Fsp3) is 0.419. The first-order chi connectivity index (χ1) is 16.9. The number of aromatic hydroxyl groups is 1. The Kier molecular flexibility index (Phi) is 8.15. The van der Waals surface area contributed by atoms with Crippen LogP contribution in [0.1, 0.15) is 49.8 Å². The molecule has 1 aliphatic heterocycles. The van der Waals surface area contributed by atoms with E-state index in [2.05, 4.69) is 60.9 Å². The number of aliphatic hydroxyl groups is 1. The summed E-state index contributed by atoms with van der Waals surface area (Å²) in [5.74, 6) is 0.533. The van der Waals surface area contributed by atoms with Gasteiger partial charge in [-0.05, 0) is 94.4 Å². The highest BCUT2D eigenvalue weighted by atomic mass is 16.3. The number of piperidine rings is 1. The largest absolute Gasteiger partial charge is 0.506 e. The Morgan fingerprint density at radius 3 is 2.03 bits per heavy atom. The number of aryl methyl sites for hydroxylation is 1. The van der Waals surface area contributed by atoms with E-state index >= 15 is 0 Å². The maximum absolute atomic E-state index is 12.1. The van der Waals surface area contributed by atoms with Crippen LogP contribution in [0.2, 0.25) is 0 Å². The Hall–Kier alpha value is -2.82. The highest BCUT2D eigenvalue weighted by Gasteiger charge is 2.41. The van der Waals surface area contributed by atoms with Crippen LogP contribution < -0.4 is 4.90 Å². The second-order valence-corrected chi connectivity index (χ2v) is 10.2. The second kappa shape index (κ2) is 11.3. The molecule has 1 heterocycles. The van der Waals surface area contributed by atoms with Crippen LogP contribution in [-0.4, -0.2) is 47.3 Å². The predicted octanol–water partition coefficient (Wildman–Crippen LogP) is 5.95. The van der Waals surface area contributed by atoms with E-state index < -0.39 is 5.60 Å². The van der Waals surface area contributed by atoms with Gasteiger partial charge in [-0.3, -0.25) is 0 Å². The first-order valence-electron chi connectivity index (χ1n) is 13.0. The molecule has 0 unspecified atom stereocenters. The van der Waals surface area contributed by atoms with Gasteiger partial charge in [0.2, 0.25) is 0 Å². The lowest BCUT2D eigenvalue weighted by Gasteiger charge is -2.42. The van der Waals surface area contributed by atoms with Crippen LogP contribution in [0.5, 0.6) is 5.75 Å². The number of hydrogen-bond acceptors (Lipinski definition) is 4. The third-order valence-corrected chi connectivity index (χ3v) is 7.54. The minimum absolute atomic E-state index is 0.181. The minimum atomic E-state index is -0.967. The molecular formula is C31H40N2O2. The standard InChI is InChI=1S/C31H40N2O2/c1-24(2)33(29-23-25(3)15-16-30(29)34)20-10-19-32-21-17-28(18-22-32)31(35,26-11-6-4-7-12-26)27-13-8-5-9-14-27/h4-9,11-16,23-24,28,34-35H,10,17-22H2,1-3H3. The number of rotatable bonds is 9. The monoisotopic (exact) mass is 472 g/mol. The van der Waals surface area contributed by atoms with E-state index in [0.29, 0.717) is 11.8 Å². The molecule has 3 aromatic carbocycles. The Morgan fingerprint density at radius 2 is 1.49 bits per heavy atom. The quantitative estimate of drug-likeness (QED) is 0.404. The highest BCUT2D eigenvalue weighted by molar-refractivity contribution is 5.59. The predicted molar refractivity (Wildman–Crippen MR) is 145 cm³/mol. The molecule has 0 spiro atoms. The summed E-state index contributed by atoms with van der Waals surface area (Å²) in [6.07, 6.45) is 2.97. The molecule has 0 atom stereocenters. The van der Waals surface area contributed by atoms with Gasteiger partial charge in [0.1, 0.15) is 11.4 Å². The molecule has 0 aromatic heterocycles. The zero-order chi connectivity index (χ0) is 24.8. The molecule has 3 aromatic rings. The lowest BCUT2D eigenvalue weighted by molar-refractivity contribution is -0.0142. The molecule has 4 heteroatoms. The lowest BCUT2D eigenvalue weighted by Crippen LogP contribution is -2.45. The van der Waals surface area contributed by atoms with Gasteiger partial charge in [0, 0.05) is 12.6 Å². The number of anilines is 1. The van der Waals surface area contributed by atoms with E-state index in [9.17, 15) is 10.2 Å². The van der Waals surface area contributed by atoms with E-state index in [-0.39, 0.29) is 5.92 Å². The Bertz CT molecular complexity index is 1020. The van der Waals surface area contributed by atoms with Gasteiger partial charge in [-0.15, -0.1) is 0 Å². The van der Waals surface area contributed by atoms with Gasteiger partial charge in [-0.25, -0.2) is 0 Å². The van der Waals surface area contributed by atoms with Gasteiger partial charge >= 0.3 is 0 Å². The van der Waals surface area contributed by atoms with Crippen molar-refractivity contribution in [3.63, 3.8) is 0 Å². The molecule has 0 bridgehead atoms. The maximum atomic E-state index is 12.1.